The average molecular weight is 324 g/mol. The minimum Gasteiger partial charge on any atom is -0.413 e. The van der Waals surface area contributed by atoms with Gasteiger partial charge in [-0.3, -0.25) is 10.1 Å². The van der Waals surface area contributed by atoms with Crippen LogP contribution >= 0.6 is 12.2 Å². The van der Waals surface area contributed by atoms with E-state index in [1.54, 1.807) is 12.1 Å². The van der Waals surface area contributed by atoms with E-state index < -0.39 is 13.2 Å². The first-order chi connectivity index (χ1) is 9.91. The molecular formula is C14H20N2O3SSi. The van der Waals surface area contributed by atoms with Crippen LogP contribution in [0, 0.1) is 10.1 Å². The molecule has 0 saturated heterocycles. The molecule has 0 unspecified atom stereocenters. The molecule has 0 heterocycles. The minimum absolute atomic E-state index is 0.0155. The van der Waals surface area contributed by atoms with Crippen LogP contribution in [0.2, 0.25) is 19.1 Å². The van der Waals surface area contributed by atoms with E-state index in [2.05, 4.69) is 42.4 Å². The van der Waals surface area contributed by atoms with E-state index in [1.807, 2.05) is 0 Å². The number of nitro benzene ring substituents is 1. The maximum Gasteiger partial charge on any atom is 0.277 e. The maximum atomic E-state index is 11.1. The zero-order chi connectivity index (χ0) is 15.9. The lowest BCUT2D eigenvalue weighted by atomic mass is 10.1. The molecule has 0 saturated carbocycles. The van der Waals surface area contributed by atoms with E-state index in [9.17, 15) is 10.1 Å². The summed E-state index contributed by atoms with van der Waals surface area (Å²) in [5, 5.41) is 13.4. The highest BCUT2D eigenvalue weighted by atomic mass is 32.1. The van der Waals surface area contributed by atoms with E-state index in [1.165, 1.54) is 6.07 Å². The zero-order valence-electron chi connectivity index (χ0n) is 12.6. The Morgan fingerprint density at radius 2 is 2.19 bits per heavy atom. The van der Waals surface area contributed by atoms with Gasteiger partial charge in [-0.05, 0) is 37.4 Å². The first kappa shape index (κ1) is 17.6. The third-order valence-corrected chi connectivity index (χ3v) is 5.80. The number of benzene rings is 1. The van der Waals surface area contributed by atoms with Crippen LogP contribution in [0.1, 0.15) is 25.3 Å². The van der Waals surface area contributed by atoms with E-state index in [4.69, 9.17) is 4.43 Å². The highest BCUT2D eigenvalue weighted by molar-refractivity contribution is 7.78. The predicted molar refractivity (Wildman–Crippen MR) is 89.8 cm³/mol. The fourth-order valence-corrected chi connectivity index (χ4v) is 3.96. The smallest absolute Gasteiger partial charge is 0.277 e. The highest BCUT2D eigenvalue weighted by Crippen LogP contribution is 2.30. The zero-order valence-corrected chi connectivity index (χ0v) is 14.4. The van der Waals surface area contributed by atoms with Gasteiger partial charge < -0.3 is 4.43 Å². The van der Waals surface area contributed by atoms with Crippen molar-refractivity contribution in [3.63, 3.8) is 0 Å². The number of aliphatic imine (C=N–C) groups is 1. The molecular weight excluding hydrogens is 304 g/mol. The molecule has 0 atom stereocenters. The molecule has 1 rings (SSSR count). The van der Waals surface area contributed by atoms with Crippen LogP contribution in [-0.4, -0.2) is 18.4 Å². The Morgan fingerprint density at radius 3 is 2.76 bits per heavy atom. The fraction of sp³-hybridized carbons (Fsp3) is 0.500. The fourth-order valence-electron chi connectivity index (χ4n) is 1.98. The minimum atomic E-state index is -1.82. The molecule has 114 valence electrons. The van der Waals surface area contributed by atoms with Gasteiger partial charge in [-0.25, -0.2) is 0 Å². The lowest BCUT2D eigenvalue weighted by molar-refractivity contribution is -0.385. The van der Waals surface area contributed by atoms with Crippen molar-refractivity contribution >= 4 is 37.1 Å². The van der Waals surface area contributed by atoms with Crippen molar-refractivity contribution in [3.8, 4) is 0 Å². The molecule has 0 radical (unpaired) electrons. The predicted octanol–water partition coefficient (Wildman–Crippen LogP) is 4.85. The van der Waals surface area contributed by atoms with Crippen LogP contribution in [-0.2, 0) is 11.0 Å². The quantitative estimate of drug-likeness (QED) is 0.225. The Labute approximate surface area is 131 Å². The van der Waals surface area contributed by atoms with Crippen LogP contribution in [0.4, 0.5) is 11.4 Å². The third kappa shape index (κ3) is 5.47. The number of isothiocyanates is 1. The van der Waals surface area contributed by atoms with E-state index in [0.717, 1.165) is 18.9 Å². The van der Waals surface area contributed by atoms with Crippen molar-refractivity contribution in [3.05, 3.63) is 33.9 Å². The van der Waals surface area contributed by atoms with Crippen LogP contribution in [0.5, 0.6) is 0 Å². The molecule has 5 nitrogen and oxygen atoms in total. The van der Waals surface area contributed by atoms with Crippen molar-refractivity contribution in [1.29, 1.82) is 0 Å². The molecule has 1 aromatic carbocycles. The summed E-state index contributed by atoms with van der Waals surface area (Å²) >= 11 is 4.60. The van der Waals surface area contributed by atoms with E-state index in [0.29, 0.717) is 11.3 Å². The van der Waals surface area contributed by atoms with Crippen molar-refractivity contribution < 1.29 is 9.35 Å². The van der Waals surface area contributed by atoms with Crippen LogP contribution in [0.25, 0.3) is 0 Å². The first-order valence-electron chi connectivity index (χ1n) is 6.89. The van der Waals surface area contributed by atoms with Gasteiger partial charge in [0.05, 0.1) is 27.9 Å². The summed E-state index contributed by atoms with van der Waals surface area (Å²) in [5.74, 6) is 0. The number of nitro groups is 1. The Hall–Kier alpha value is -1.40. The molecule has 21 heavy (non-hydrogen) atoms. The normalized spacial score (nSPS) is 11.0. The molecule has 1 aromatic rings. The molecule has 0 amide bonds. The van der Waals surface area contributed by atoms with Gasteiger partial charge in [-0.2, -0.15) is 4.99 Å². The van der Waals surface area contributed by atoms with Gasteiger partial charge in [0, 0.05) is 6.07 Å². The second-order valence-corrected chi connectivity index (χ2v) is 9.88. The number of hydrogen-bond acceptors (Lipinski definition) is 5. The summed E-state index contributed by atoms with van der Waals surface area (Å²) in [6, 6.07) is 5.77. The summed E-state index contributed by atoms with van der Waals surface area (Å²) in [6.07, 6.45) is 2.23. The lowest BCUT2D eigenvalue weighted by Gasteiger charge is -2.22. The summed E-state index contributed by atoms with van der Waals surface area (Å²) in [4.78, 5) is 14.6. The van der Waals surface area contributed by atoms with Crippen LogP contribution in [0.15, 0.2) is 23.2 Å². The molecule has 0 aliphatic rings. The van der Waals surface area contributed by atoms with Gasteiger partial charge in [-0.15, -0.1) is 0 Å². The molecule has 0 aliphatic carbocycles. The lowest BCUT2D eigenvalue weighted by Crippen LogP contribution is -2.29. The van der Waals surface area contributed by atoms with Crippen molar-refractivity contribution in [2.24, 2.45) is 4.99 Å². The second kappa shape index (κ2) is 8.14. The average Bonchev–Trinajstić information content (AvgIpc) is 2.44. The summed E-state index contributed by atoms with van der Waals surface area (Å²) in [6.45, 7) is 6.58. The molecule has 0 aliphatic heterocycles. The molecule has 0 bridgehead atoms. The largest absolute Gasteiger partial charge is 0.413 e. The Bertz CT molecular complexity index is 537. The monoisotopic (exact) mass is 324 g/mol. The third-order valence-electron chi connectivity index (χ3n) is 3.23. The van der Waals surface area contributed by atoms with Gasteiger partial charge in [0.2, 0.25) is 0 Å². The number of rotatable bonds is 8. The summed E-state index contributed by atoms with van der Waals surface area (Å²) in [5.41, 5.74) is 0.943. The molecule has 0 spiro atoms. The van der Waals surface area contributed by atoms with Crippen molar-refractivity contribution in [1.82, 2.24) is 0 Å². The Morgan fingerprint density at radius 1 is 1.48 bits per heavy atom. The topological polar surface area (TPSA) is 64.7 Å². The Balaban J connectivity index is 3.00. The highest BCUT2D eigenvalue weighted by Gasteiger charge is 2.25. The number of hydrogen-bond donors (Lipinski definition) is 0. The Kier molecular flexibility index (Phi) is 6.84. The van der Waals surface area contributed by atoms with Gasteiger partial charge in [0.15, 0.2) is 8.32 Å². The van der Waals surface area contributed by atoms with Crippen molar-refractivity contribution in [2.75, 3.05) is 0 Å². The molecule has 0 fully saturated rings. The van der Waals surface area contributed by atoms with Gasteiger partial charge >= 0.3 is 0 Å². The maximum absolute atomic E-state index is 11.1. The van der Waals surface area contributed by atoms with Gasteiger partial charge in [0.25, 0.3) is 5.69 Å². The molecule has 0 aromatic heterocycles. The summed E-state index contributed by atoms with van der Waals surface area (Å²) in [7, 11) is -1.82. The summed E-state index contributed by atoms with van der Waals surface area (Å²) < 4.78 is 6.01. The SMILES string of the molecule is CCCC[Si](C)(C)OCc1c(N=C=S)cccc1[N+](=O)[O-]. The standard InChI is InChI=1S/C14H20N2O3SSi/c1-4-5-9-21(2,3)19-10-12-13(15-11-20)7-6-8-14(12)16(17)18/h6-8H,4-5,9-10H2,1-3H3. The van der Waals surface area contributed by atoms with E-state index >= 15 is 0 Å². The number of nitrogens with zero attached hydrogens (tertiary/aromatic N) is 2. The van der Waals surface area contributed by atoms with E-state index in [-0.39, 0.29) is 12.3 Å². The van der Waals surface area contributed by atoms with Crippen molar-refractivity contribution in [2.45, 2.75) is 45.5 Å². The first-order valence-corrected chi connectivity index (χ1v) is 10.4. The molecule has 7 heteroatoms. The van der Waals surface area contributed by atoms with Crippen LogP contribution < -0.4 is 0 Å². The van der Waals surface area contributed by atoms with Gasteiger partial charge in [-0.1, -0.05) is 25.8 Å². The number of unbranched alkanes of at least 4 members (excludes halogenated alkanes) is 1. The number of thiocarbonyl (C=S) groups is 1. The van der Waals surface area contributed by atoms with Crippen LogP contribution in [0.3, 0.4) is 0 Å². The molecule has 0 N–H and O–H groups in total. The van der Waals surface area contributed by atoms with Gasteiger partial charge in [0.1, 0.15) is 0 Å². The second-order valence-electron chi connectivity index (χ2n) is 5.39.